The van der Waals surface area contributed by atoms with Gasteiger partial charge in [-0.2, -0.15) is 5.10 Å². The zero-order chi connectivity index (χ0) is 11.4. The maximum atomic E-state index is 5.96. The normalized spacial score (nSPS) is 10.3. The molecule has 0 aliphatic rings. The van der Waals surface area contributed by atoms with Gasteiger partial charge in [0.15, 0.2) is 0 Å². The van der Waals surface area contributed by atoms with E-state index in [4.69, 9.17) is 5.73 Å². The fourth-order valence-electron chi connectivity index (χ4n) is 1.57. The zero-order valence-electron chi connectivity index (χ0n) is 9.35. The van der Waals surface area contributed by atoms with Crippen molar-refractivity contribution < 1.29 is 0 Å². The highest BCUT2D eigenvalue weighted by Crippen LogP contribution is 2.21. The minimum atomic E-state index is 0.815. The van der Waals surface area contributed by atoms with Crippen LogP contribution in [0.25, 0.3) is 0 Å². The third-order valence-electron chi connectivity index (χ3n) is 2.54. The molecule has 84 valence electrons. The summed E-state index contributed by atoms with van der Waals surface area (Å²) in [5.74, 6) is 0. The molecule has 0 saturated carbocycles. The summed E-state index contributed by atoms with van der Waals surface area (Å²) >= 11 is 0. The molecule has 1 aromatic heterocycles. The molecule has 3 N–H and O–H groups in total. The van der Waals surface area contributed by atoms with Gasteiger partial charge >= 0.3 is 0 Å². The molecule has 2 aromatic rings. The number of nitrogens with zero attached hydrogens (tertiary/aromatic N) is 2. The predicted octanol–water partition coefficient (Wildman–Crippen LogP) is 1.89. The molecule has 1 aromatic carbocycles. The lowest BCUT2D eigenvalue weighted by molar-refractivity contribution is 0.638. The molecule has 0 atom stereocenters. The fraction of sp³-hybridized carbons (Fsp3) is 0.250. The van der Waals surface area contributed by atoms with Crippen molar-refractivity contribution in [2.75, 3.05) is 17.6 Å². The molecular weight excluding hydrogens is 200 g/mol. The van der Waals surface area contributed by atoms with Gasteiger partial charge in [0.1, 0.15) is 0 Å². The third kappa shape index (κ3) is 2.34. The van der Waals surface area contributed by atoms with Crippen LogP contribution in [-0.4, -0.2) is 16.3 Å². The van der Waals surface area contributed by atoms with Gasteiger partial charge in [0.2, 0.25) is 0 Å². The average Bonchev–Trinajstić information content (AvgIpc) is 2.77. The number of aromatic nitrogens is 2. The first-order chi connectivity index (χ1) is 7.77. The molecule has 4 heteroatoms. The summed E-state index contributed by atoms with van der Waals surface area (Å²) in [6, 6.07) is 7.92. The number of hydrogen-bond donors (Lipinski definition) is 2. The summed E-state index contributed by atoms with van der Waals surface area (Å²) in [6.45, 7) is 3.66. The lowest BCUT2D eigenvalue weighted by Gasteiger charge is -2.10. The number of benzene rings is 1. The maximum Gasteiger partial charge on any atom is 0.0582 e. The number of rotatable bonds is 4. The monoisotopic (exact) mass is 216 g/mol. The van der Waals surface area contributed by atoms with Crippen LogP contribution in [-0.2, 0) is 6.54 Å². The van der Waals surface area contributed by atoms with Crippen LogP contribution in [0.1, 0.15) is 5.56 Å². The van der Waals surface area contributed by atoms with Crippen LogP contribution >= 0.6 is 0 Å². The third-order valence-corrected chi connectivity index (χ3v) is 2.54. The summed E-state index contributed by atoms with van der Waals surface area (Å²) in [4.78, 5) is 0. The summed E-state index contributed by atoms with van der Waals surface area (Å²) < 4.78 is 1.89. The van der Waals surface area contributed by atoms with Gasteiger partial charge in [-0.05, 0) is 24.6 Å². The van der Waals surface area contributed by atoms with Crippen LogP contribution in [0, 0.1) is 6.92 Å². The van der Waals surface area contributed by atoms with E-state index in [0.717, 1.165) is 30.0 Å². The Balaban J connectivity index is 1.92. The first kappa shape index (κ1) is 10.5. The van der Waals surface area contributed by atoms with E-state index in [1.54, 1.807) is 6.20 Å². The van der Waals surface area contributed by atoms with Crippen LogP contribution in [0.15, 0.2) is 36.7 Å². The Kier molecular flexibility index (Phi) is 3.10. The minimum Gasteiger partial charge on any atom is -0.397 e. The largest absolute Gasteiger partial charge is 0.397 e. The molecule has 0 amide bonds. The van der Waals surface area contributed by atoms with E-state index in [9.17, 15) is 0 Å². The minimum absolute atomic E-state index is 0.815. The molecular formula is C12H16N4. The Labute approximate surface area is 95.1 Å². The van der Waals surface area contributed by atoms with Crippen molar-refractivity contribution in [3.8, 4) is 0 Å². The summed E-state index contributed by atoms with van der Waals surface area (Å²) in [7, 11) is 0. The van der Waals surface area contributed by atoms with E-state index < -0.39 is 0 Å². The number of nitrogen functional groups attached to an aromatic ring is 1. The van der Waals surface area contributed by atoms with Gasteiger partial charge in [0.05, 0.1) is 17.9 Å². The number of anilines is 2. The van der Waals surface area contributed by atoms with Gasteiger partial charge in [-0.25, -0.2) is 0 Å². The topological polar surface area (TPSA) is 55.9 Å². The number of nitrogens with two attached hydrogens (primary N) is 1. The molecule has 0 bridgehead atoms. The van der Waals surface area contributed by atoms with E-state index >= 15 is 0 Å². The molecule has 0 aliphatic carbocycles. The molecule has 0 unspecified atom stereocenters. The highest BCUT2D eigenvalue weighted by atomic mass is 15.3. The van der Waals surface area contributed by atoms with Crippen molar-refractivity contribution in [1.29, 1.82) is 0 Å². The second kappa shape index (κ2) is 4.70. The molecule has 0 fully saturated rings. The second-order valence-electron chi connectivity index (χ2n) is 3.73. The van der Waals surface area contributed by atoms with Crippen molar-refractivity contribution in [2.24, 2.45) is 0 Å². The van der Waals surface area contributed by atoms with Crippen molar-refractivity contribution in [3.63, 3.8) is 0 Å². The van der Waals surface area contributed by atoms with Gasteiger partial charge < -0.3 is 11.1 Å². The predicted molar refractivity (Wildman–Crippen MR) is 66.3 cm³/mol. The molecule has 1 heterocycles. The van der Waals surface area contributed by atoms with Crippen molar-refractivity contribution in [1.82, 2.24) is 9.78 Å². The lowest BCUT2D eigenvalue weighted by Crippen LogP contribution is -2.12. The van der Waals surface area contributed by atoms with Gasteiger partial charge in [-0.15, -0.1) is 0 Å². The Morgan fingerprint density at radius 3 is 3.00 bits per heavy atom. The van der Waals surface area contributed by atoms with Crippen molar-refractivity contribution in [3.05, 3.63) is 42.2 Å². The molecule has 0 spiro atoms. The highest BCUT2D eigenvalue weighted by molar-refractivity contribution is 5.69. The molecule has 0 radical (unpaired) electrons. The molecule has 0 saturated heterocycles. The summed E-state index contributed by atoms with van der Waals surface area (Å²) in [6.07, 6.45) is 3.72. The molecule has 0 aliphatic heterocycles. The van der Waals surface area contributed by atoms with Crippen LogP contribution in [0.3, 0.4) is 0 Å². The SMILES string of the molecule is Cc1cccc(NCCn2cccn2)c1N. The van der Waals surface area contributed by atoms with E-state index in [1.165, 1.54) is 0 Å². The Bertz CT molecular complexity index is 448. The Morgan fingerprint density at radius 1 is 1.38 bits per heavy atom. The smallest absolute Gasteiger partial charge is 0.0582 e. The van der Waals surface area contributed by atoms with Crippen LogP contribution in [0.2, 0.25) is 0 Å². The first-order valence-corrected chi connectivity index (χ1v) is 5.34. The molecule has 4 nitrogen and oxygen atoms in total. The maximum absolute atomic E-state index is 5.96. The Hall–Kier alpha value is -1.97. The summed E-state index contributed by atoms with van der Waals surface area (Å²) in [5, 5.41) is 7.44. The standard InChI is InChI=1S/C12H16N4/c1-10-4-2-5-11(12(10)13)14-7-9-16-8-3-6-15-16/h2-6,8,14H,7,9,13H2,1H3. The number of aryl methyl sites for hydroxylation is 1. The van der Waals surface area contributed by atoms with Crippen molar-refractivity contribution in [2.45, 2.75) is 13.5 Å². The van der Waals surface area contributed by atoms with E-state index in [1.807, 2.05) is 42.1 Å². The van der Waals surface area contributed by atoms with Crippen LogP contribution in [0.5, 0.6) is 0 Å². The molecule has 16 heavy (non-hydrogen) atoms. The fourth-order valence-corrected chi connectivity index (χ4v) is 1.57. The number of hydrogen-bond acceptors (Lipinski definition) is 3. The van der Waals surface area contributed by atoms with Gasteiger partial charge in [-0.3, -0.25) is 4.68 Å². The average molecular weight is 216 g/mol. The number of para-hydroxylation sites is 1. The molecule has 2 rings (SSSR count). The summed E-state index contributed by atoms with van der Waals surface area (Å²) in [5.41, 5.74) is 8.87. The van der Waals surface area contributed by atoms with E-state index in [0.29, 0.717) is 0 Å². The van der Waals surface area contributed by atoms with E-state index in [2.05, 4.69) is 10.4 Å². The second-order valence-corrected chi connectivity index (χ2v) is 3.73. The number of nitrogens with one attached hydrogen (secondary N) is 1. The quantitative estimate of drug-likeness (QED) is 0.767. The van der Waals surface area contributed by atoms with Gasteiger partial charge in [0.25, 0.3) is 0 Å². The van der Waals surface area contributed by atoms with Crippen LogP contribution in [0.4, 0.5) is 11.4 Å². The van der Waals surface area contributed by atoms with Crippen LogP contribution < -0.4 is 11.1 Å². The Morgan fingerprint density at radius 2 is 2.25 bits per heavy atom. The first-order valence-electron chi connectivity index (χ1n) is 5.34. The van der Waals surface area contributed by atoms with Gasteiger partial charge in [0, 0.05) is 18.9 Å². The van der Waals surface area contributed by atoms with E-state index in [-0.39, 0.29) is 0 Å². The lowest BCUT2D eigenvalue weighted by atomic mass is 10.2. The zero-order valence-corrected chi connectivity index (χ0v) is 9.35. The van der Waals surface area contributed by atoms with Crippen molar-refractivity contribution >= 4 is 11.4 Å². The highest BCUT2D eigenvalue weighted by Gasteiger charge is 2.00. The van der Waals surface area contributed by atoms with Gasteiger partial charge in [-0.1, -0.05) is 12.1 Å².